The first-order valence-electron chi connectivity index (χ1n) is 5.78. The van der Waals surface area contributed by atoms with Gasteiger partial charge in [-0.15, -0.1) is 0 Å². The predicted molar refractivity (Wildman–Crippen MR) is 66.0 cm³/mol. The Morgan fingerprint density at radius 2 is 1.70 bits per heavy atom. The Bertz CT molecular complexity index is 659. The van der Waals surface area contributed by atoms with Gasteiger partial charge in [-0.05, 0) is 30.7 Å². The minimum absolute atomic E-state index is 0.187. The van der Waals surface area contributed by atoms with Crippen molar-refractivity contribution in [1.82, 2.24) is 0 Å². The summed E-state index contributed by atoms with van der Waals surface area (Å²) in [4.78, 5) is 12.2. The maximum absolute atomic E-state index is 13.2. The molecule has 0 aromatic heterocycles. The molecular formula is C15H10F4O. The van der Waals surface area contributed by atoms with E-state index >= 15 is 0 Å². The van der Waals surface area contributed by atoms with Gasteiger partial charge in [-0.2, -0.15) is 13.2 Å². The minimum atomic E-state index is -4.83. The highest BCUT2D eigenvalue weighted by atomic mass is 19.4. The van der Waals surface area contributed by atoms with Crippen LogP contribution in [0.2, 0.25) is 0 Å². The second-order valence-electron chi connectivity index (χ2n) is 4.34. The van der Waals surface area contributed by atoms with Crippen molar-refractivity contribution in [3.05, 3.63) is 70.5 Å². The number of carbonyl (C=O) groups is 1. The molecule has 0 fully saturated rings. The Balaban J connectivity index is 2.50. The van der Waals surface area contributed by atoms with Gasteiger partial charge < -0.3 is 0 Å². The quantitative estimate of drug-likeness (QED) is 0.590. The number of ketones is 1. The number of aryl methyl sites for hydroxylation is 1. The number of halogens is 4. The third-order valence-electron chi connectivity index (χ3n) is 2.92. The van der Waals surface area contributed by atoms with E-state index in [9.17, 15) is 22.4 Å². The normalized spacial score (nSPS) is 11.4. The van der Waals surface area contributed by atoms with Crippen LogP contribution in [0.1, 0.15) is 27.0 Å². The summed E-state index contributed by atoms with van der Waals surface area (Å²) >= 11 is 0. The minimum Gasteiger partial charge on any atom is -0.289 e. The van der Waals surface area contributed by atoms with E-state index in [-0.39, 0.29) is 5.56 Å². The lowest BCUT2D eigenvalue weighted by atomic mass is 9.97. The van der Waals surface area contributed by atoms with E-state index in [2.05, 4.69) is 0 Å². The van der Waals surface area contributed by atoms with Gasteiger partial charge in [-0.25, -0.2) is 4.39 Å². The van der Waals surface area contributed by atoms with Gasteiger partial charge in [0.15, 0.2) is 5.78 Å². The molecule has 0 saturated heterocycles. The molecule has 2 aromatic carbocycles. The zero-order chi connectivity index (χ0) is 14.9. The summed E-state index contributed by atoms with van der Waals surface area (Å²) in [6.45, 7) is 1.68. The molecule has 2 rings (SSSR count). The van der Waals surface area contributed by atoms with Crippen LogP contribution < -0.4 is 0 Å². The molecule has 0 amide bonds. The van der Waals surface area contributed by atoms with Gasteiger partial charge in [-0.1, -0.05) is 24.3 Å². The smallest absolute Gasteiger partial charge is 0.289 e. The van der Waals surface area contributed by atoms with E-state index in [4.69, 9.17) is 0 Å². The first kappa shape index (κ1) is 14.2. The molecule has 0 N–H and O–H groups in total. The van der Waals surface area contributed by atoms with Crippen LogP contribution in [0.25, 0.3) is 0 Å². The fourth-order valence-electron chi connectivity index (χ4n) is 1.87. The molecule has 0 saturated carbocycles. The van der Waals surface area contributed by atoms with Crippen LogP contribution in [0.15, 0.2) is 42.5 Å². The summed E-state index contributed by atoms with van der Waals surface area (Å²) in [5, 5.41) is 0. The van der Waals surface area contributed by atoms with Crippen LogP contribution >= 0.6 is 0 Å². The first-order valence-corrected chi connectivity index (χ1v) is 5.78. The fourth-order valence-corrected chi connectivity index (χ4v) is 1.87. The van der Waals surface area contributed by atoms with Gasteiger partial charge in [0.2, 0.25) is 0 Å². The Hall–Kier alpha value is -2.17. The number of hydrogen-bond acceptors (Lipinski definition) is 1. The Morgan fingerprint density at radius 3 is 2.30 bits per heavy atom. The van der Waals surface area contributed by atoms with Crippen molar-refractivity contribution in [3.63, 3.8) is 0 Å². The maximum atomic E-state index is 13.2. The summed E-state index contributed by atoms with van der Waals surface area (Å²) < 4.78 is 51.0. The summed E-state index contributed by atoms with van der Waals surface area (Å²) in [6, 6.07) is 8.81. The van der Waals surface area contributed by atoms with Crippen LogP contribution in [0, 0.1) is 12.7 Å². The number of benzene rings is 2. The van der Waals surface area contributed by atoms with Gasteiger partial charge in [-0.3, -0.25) is 4.79 Å². The molecule has 0 bridgehead atoms. The molecule has 0 spiro atoms. The lowest BCUT2D eigenvalue weighted by Gasteiger charge is -2.10. The van der Waals surface area contributed by atoms with Crippen molar-refractivity contribution in [1.29, 1.82) is 0 Å². The molecule has 20 heavy (non-hydrogen) atoms. The van der Waals surface area contributed by atoms with Gasteiger partial charge in [0.1, 0.15) is 5.82 Å². The topological polar surface area (TPSA) is 17.1 Å². The second kappa shape index (κ2) is 5.07. The summed E-state index contributed by atoms with van der Waals surface area (Å²) in [6.07, 6.45) is -4.83. The monoisotopic (exact) mass is 282 g/mol. The lowest BCUT2D eigenvalue weighted by molar-refractivity contribution is -0.140. The van der Waals surface area contributed by atoms with Crippen molar-refractivity contribution in [2.24, 2.45) is 0 Å². The average molecular weight is 282 g/mol. The first-order chi connectivity index (χ1) is 9.30. The molecule has 1 nitrogen and oxygen atoms in total. The Morgan fingerprint density at radius 1 is 1.05 bits per heavy atom. The molecule has 0 aliphatic heterocycles. The van der Waals surface area contributed by atoms with Crippen LogP contribution in [0.4, 0.5) is 17.6 Å². The highest BCUT2D eigenvalue weighted by molar-refractivity contribution is 6.09. The summed E-state index contributed by atoms with van der Waals surface area (Å²) in [5.74, 6) is -1.95. The average Bonchev–Trinajstić information content (AvgIpc) is 2.37. The largest absolute Gasteiger partial charge is 0.419 e. The Labute approximate surface area is 112 Å². The lowest BCUT2D eigenvalue weighted by Crippen LogP contribution is -2.11. The number of rotatable bonds is 2. The molecule has 0 aliphatic rings. The van der Waals surface area contributed by atoms with E-state index < -0.39 is 23.3 Å². The van der Waals surface area contributed by atoms with Crippen LogP contribution in [-0.4, -0.2) is 5.78 Å². The number of hydrogen-bond donors (Lipinski definition) is 0. The van der Waals surface area contributed by atoms with Gasteiger partial charge >= 0.3 is 6.18 Å². The molecule has 0 heterocycles. The third kappa shape index (κ3) is 2.71. The molecule has 0 radical (unpaired) electrons. The number of alkyl halides is 3. The highest BCUT2D eigenvalue weighted by Gasteiger charge is 2.34. The highest BCUT2D eigenvalue weighted by Crippen LogP contribution is 2.32. The zero-order valence-electron chi connectivity index (χ0n) is 10.5. The SMILES string of the molecule is Cc1ccccc1C(=O)c1ccc(F)c(C(F)(F)F)c1. The van der Waals surface area contributed by atoms with Crippen LogP contribution in [0.5, 0.6) is 0 Å². The van der Waals surface area contributed by atoms with E-state index in [0.717, 1.165) is 6.07 Å². The van der Waals surface area contributed by atoms with Crippen molar-refractivity contribution >= 4 is 5.78 Å². The second-order valence-corrected chi connectivity index (χ2v) is 4.34. The van der Waals surface area contributed by atoms with E-state index in [1.54, 1.807) is 25.1 Å². The van der Waals surface area contributed by atoms with Gasteiger partial charge in [0.05, 0.1) is 5.56 Å². The van der Waals surface area contributed by atoms with E-state index in [0.29, 0.717) is 23.3 Å². The van der Waals surface area contributed by atoms with Crippen LogP contribution in [-0.2, 0) is 6.18 Å². The zero-order valence-corrected chi connectivity index (χ0v) is 10.5. The summed E-state index contributed by atoms with van der Waals surface area (Å²) in [7, 11) is 0. The Kier molecular flexibility index (Phi) is 3.61. The molecule has 0 unspecified atom stereocenters. The summed E-state index contributed by atoms with van der Waals surface area (Å²) in [5.41, 5.74) is -0.674. The van der Waals surface area contributed by atoms with Gasteiger partial charge in [0, 0.05) is 11.1 Å². The standard InChI is InChI=1S/C15H10F4O/c1-9-4-2-3-5-11(9)14(20)10-6-7-13(16)12(8-10)15(17,18)19/h2-8H,1H3. The van der Waals surface area contributed by atoms with Crippen molar-refractivity contribution in [2.75, 3.05) is 0 Å². The van der Waals surface area contributed by atoms with E-state index in [1.807, 2.05) is 0 Å². The molecule has 2 aromatic rings. The molecule has 104 valence electrons. The van der Waals surface area contributed by atoms with Crippen molar-refractivity contribution in [3.8, 4) is 0 Å². The molecule has 0 aliphatic carbocycles. The predicted octanol–water partition coefficient (Wildman–Crippen LogP) is 4.38. The third-order valence-corrected chi connectivity index (χ3v) is 2.92. The van der Waals surface area contributed by atoms with Gasteiger partial charge in [0.25, 0.3) is 0 Å². The maximum Gasteiger partial charge on any atom is 0.419 e. The van der Waals surface area contributed by atoms with Crippen molar-refractivity contribution < 1.29 is 22.4 Å². The molecular weight excluding hydrogens is 272 g/mol. The molecule has 0 atom stereocenters. The van der Waals surface area contributed by atoms with E-state index in [1.165, 1.54) is 6.07 Å². The van der Waals surface area contributed by atoms with Crippen molar-refractivity contribution in [2.45, 2.75) is 13.1 Å². The molecule has 5 heteroatoms. The number of carbonyl (C=O) groups excluding carboxylic acids is 1. The van der Waals surface area contributed by atoms with Crippen LogP contribution in [0.3, 0.4) is 0 Å². The fraction of sp³-hybridized carbons (Fsp3) is 0.133.